The zero-order valence-corrected chi connectivity index (χ0v) is 8.83. The van der Waals surface area contributed by atoms with Gasteiger partial charge in [-0.1, -0.05) is 41.5 Å². The zero-order chi connectivity index (χ0) is 11.8. The summed E-state index contributed by atoms with van der Waals surface area (Å²) in [6, 6.07) is 12.9. The highest BCUT2D eigenvalue weighted by atomic mass is 16.3. The highest BCUT2D eigenvalue weighted by Crippen LogP contribution is 2.27. The second kappa shape index (κ2) is 3.71. The van der Waals surface area contributed by atoms with Gasteiger partial charge < -0.3 is 9.44 Å². The maximum Gasteiger partial charge on any atom is 0.521 e. The molecule has 1 heterocycles. The summed E-state index contributed by atoms with van der Waals surface area (Å²) in [6.45, 7) is 0. The maximum absolute atomic E-state index is 10.4. The van der Waals surface area contributed by atoms with Crippen LogP contribution >= 0.6 is 0 Å². The van der Waals surface area contributed by atoms with Gasteiger partial charge in [0, 0.05) is 16.2 Å². The van der Waals surface area contributed by atoms with E-state index in [1.54, 1.807) is 12.1 Å². The molecule has 5 heteroatoms. The molecule has 0 radical (unpaired) electrons. The fraction of sp³-hybridized carbons (Fsp3) is 0. The van der Waals surface area contributed by atoms with Crippen LogP contribution in [0.3, 0.4) is 0 Å². The summed E-state index contributed by atoms with van der Waals surface area (Å²) in [5, 5.41) is 14.0. The number of nitrogens with zero attached hydrogens (tertiary/aromatic N) is 1. The van der Waals surface area contributed by atoms with Gasteiger partial charge in [0.1, 0.15) is 11.2 Å². The Morgan fingerprint density at radius 2 is 1.82 bits per heavy atom. The Balaban J connectivity index is 2.43. The Hall–Kier alpha value is -2.14. The highest BCUT2D eigenvalue weighted by Gasteiger charge is 2.22. The van der Waals surface area contributed by atoms with E-state index in [4.69, 9.17) is 4.42 Å². The van der Waals surface area contributed by atoms with E-state index in [9.17, 15) is 9.93 Å². The third-order valence-electron chi connectivity index (χ3n) is 2.81. The molecule has 1 aromatic heterocycles. The van der Waals surface area contributed by atoms with Crippen molar-refractivity contribution in [1.82, 2.24) is 0 Å². The van der Waals surface area contributed by atoms with E-state index in [1.807, 2.05) is 30.3 Å². The molecule has 2 aromatic carbocycles. The van der Waals surface area contributed by atoms with Gasteiger partial charge in [-0.25, -0.2) is 0 Å². The summed E-state index contributed by atoms with van der Waals surface area (Å²) in [4.78, 5) is 10.4. The molecule has 1 N–H and O–H groups in total. The maximum atomic E-state index is 10.4. The van der Waals surface area contributed by atoms with Crippen LogP contribution in [-0.4, -0.2) is 12.1 Å². The molecular weight excluding hydrogens is 217 g/mol. The van der Waals surface area contributed by atoms with Gasteiger partial charge in [0.2, 0.25) is 0 Å². The van der Waals surface area contributed by atoms with Crippen LogP contribution in [0, 0.1) is 4.91 Å². The quantitative estimate of drug-likeness (QED) is 0.536. The van der Waals surface area contributed by atoms with Crippen LogP contribution < -0.4 is 5.46 Å². The lowest BCUT2D eigenvalue weighted by Crippen LogP contribution is -2.27. The Kier molecular flexibility index (Phi) is 2.19. The van der Waals surface area contributed by atoms with Crippen molar-refractivity contribution < 1.29 is 9.44 Å². The van der Waals surface area contributed by atoms with Crippen LogP contribution in [0.15, 0.2) is 52.0 Å². The third kappa shape index (κ3) is 1.44. The first-order valence-electron chi connectivity index (χ1n) is 5.22. The minimum Gasteiger partial charge on any atom is -0.456 e. The van der Waals surface area contributed by atoms with E-state index in [0.29, 0.717) is 11.0 Å². The van der Waals surface area contributed by atoms with Crippen molar-refractivity contribution in [2.75, 3.05) is 0 Å². The minimum absolute atomic E-state index is 0.397. The van der Waals surface area contributed by atoms with E-state index in [-0.39, 0.29) is 0 Å². The molecular formula is C12H8BNO3. The van der Waals surface area contributed by atoms with Crippen molar-refractivity contribution in [3.63, 3.8) is 0 Å². The molecule has 0 unspecified atom stereocenters. The average Bonchev–Trinajstić information content (AvgIpc) is 2.76. The zero-order valence-electron chi connectivity index (χ0n) is 8.83. The Bertz CT molecular complexity index is 707. The summed E-state index contributed by atoms with van der Waals surface area (Å²) < 4.78 is 5.65. The van der Waals surface area contributed by atoms with Crippen molar-refractivity contribution in [3.8, 4) is 0 Å². The van der Waals surface area contributed by atoms with Gasteiger partial charge >= 0.3 is 7.05 Å². The molecule has 0 amide bonds. The Morgan fingerprint density at radius 3 is 2.65 bits per heavy atom. The van der Waals surface area contributed by atoms with Gasteiger partial charge in [0.15, 0.2) is 0 Å². The van der Waals surface area contributed by atoms with Crippen molar-refractivity contribution in [2.45, 2.75) is 0 Å². The van der Waals surface area contributed by atoms with Crippen LogP contribution in [0.2, 0.25) is 0 Å². The first-order chi connectivity index (χ1) is 8.31. The number of para-hydroxylation sites is 2. The molecule has 0 aliphatic carbocycles. The highest BCUT2D eigenvalue weighted by molar-refractivity contribution is 6.67. The van der Waals surface area contributed by atoms with E-state index >= 15 is 0 Å². The van der Waals surface area contributed by atoms with E-state index < -0.39 is 7.05 Å². The number of benzene rings is 2. The second-order valence-corrected chi connectivity index (χ2v) is 3.80. The van der Waals surface area contributed by atoms with Gasteiger partial charge in [0.25, 0.3) is 0 Å². The second-order valence-electron chi connectivity index (χ2n) is 3.80. The monoisotopic (exact) mass is 225 g/mol. The predicted molar refractivity (Wildman–Crippen MR) is 67.1 cm³/mol. The molecule has 0 aliphatic rings. The molecule has 3 rings (SSSR count). The topological polar surface area (TPSA) is 62.8 Å². The van der Waals surface area contributed by atoms with Gasteiger partial charge in [-0.3, -0.25) is 0 Å². The molecule has 82 valence electrons. The van der Waals surface area contributed by atoms with Crippen molar-refractivity contribution in [3.05, 3.63) is 47.4 Å². The first-order valence-corrected chi connectivity index (χ1v) is 5.22. The molecule has 4 nitrogen and oxygen atoms in total. The SMILES string of the molecule is O=NB(O)c1cccc2c1oc1ccccc12. The van der Waals surface area contributed by atoms with E-state index in [0.717, 1.165) is 16.4 Å². The number of nitroso groups, excluding NO2 is 1. The van der Waals surface area contributed by atoms with Crippen LogP contribution in [-0.2, 0) is 0 Å². The van der Waals surface area contributed by atoms with Crippen LogP contribution in [0.5, 0.6) is 0 Å². The number of rotatable bonds is 2. The largest absolute Gasteiger partial charge is 0.521 e. The summed E-state index contributed by atoms with van der Waals surface area (Å²) in [6.07, 6.45) is 0. The third-order valence-corrected chi connectivity index (χ3v) is 2.81. The molecule has 0 saturated heterocycles. The molecule has 0 atom stereocenters. The van der Waals surface area contributed by atoms with Crippen LogP contribution in [0.1, 0.15) is 0 Å². The summed E-state index contributed by atoms with van der Waals surface area (Å²) in [7, 11) is -1.39. The van der Waals surface area contributed by atoms with Gasteiger partial charge in [-0.15, -0.1) is 0 Å². The molecule has 3 aromatic rings. The fourth-order valence-electron chi connectivity index (χ4n) is 2.03. The Morgan fingerprint density at radius 1 is 1.06 bits per heavy atom. The lowest BCUT2D eigenvalue weighted by Gasteiger charge is -1.98. The predicted octanol–water partition coefficient (Wildman–Crippen LogP) is 2.04. The van der Waals surface area contributed by atoms with Gasteiger partial charge in [-0.05, 0) is 6.07 Å². The van der Waals surface area contributed by atoms with Crippen molar-refractivity contribution >= 4 is 34.5 Å². The molecule has 0 aliphatic heterocycles. The van der Waals surface area contributed by atoms with Crippen LogP contribution in [0.25, 0.3) is 21.9 Å². The smallest absolute Gasteiger partial charge is 0.456 e. The van der Waals surface area contributed by atoms with Crippen molar-refractivity contribution in [1.29, 1.82) is 0 Å². The normalized spacial score (nSPS) is 10.9. The molecule has 0 spiro atoms. The summed E-state index contributed by atoms with van der Waals surface area (Å²) >= 11 is 0. The standard InChI is InChI=1S/C12H8BNO3/c15-13(14-16)10-6-3-5-9-8-4-1-2-7-11(8)17-12(9)10/h1-7,15H. The van der Waals surface area contributed by atoms with Gasteiger partial charge in [-0.2, -0.15) is 4.91 Å². The lowest BCUT2D eigenvalue weighted by molar-refractivity contribution is 0.586. The van der Waals surface area contributed by atoms with E-state index in [1.165, 1.54) is 0 Å². The minimum atomic E-state index is -1.39. The molecule has 0 saturated carbocycles. The Labute approximate surface area is 97.0 Å². The van der Waals surface area contributed by atoms with E-state index in [2.05, 4.69) is 5.09 Å². The average molecular weight is 225 g/mol. The number of hydrogen-bond donors (Lipinski definition) is 1. The number of furan rings is 1. The molecule has 0 bridgehead atoms. The van der Waals surface area contributed by atoms with Crippen molar-refractivity contribution in [2.24, 2.45) is 5.09 Å². The van der Waals surface area contributed by atoms with Crippen LogP contribution in [0.4, 0.5) is 0 Å². The molecule has 0 fully saturated rings. The first kappa shape index (κ1) is 10.0. The summed E-state index contributed by atoms with van der Waals surface area (Å²) in [5.74, 6) is 0. The fourth-order valence-corrected chi connectivity index (χ4v) is 2.03. The number of fused-ring (bicyclic) bond motifs is 3. The molecule has 17 heavy (non-hydrogen) atoms. The summed E-state index contributed by atoms with van der Waals surface area (Å²) in [5.41, 5.74) is 1.64. The van der Waals surface area contributed by atoms with Gasteiger partial charge in [0.05, 0.1) is 0 Å². The lowest BCUT2D eigenvalue weighted by atomic mass is 9.75. The number of hydrogen-bond acceptors (Lipinski definition) is 4.